The number of carbonyl (C=O) groups is 1. The second-order valence-corrected chi connectivity index (χ2v) is 7.14. The molecule has 0 radical (unpaired) electrons. The summed E-state index contributed by atoms with van der Waals surface area (Å²) in [6.07, 6.45) is 4.94. The Morgan fingerprint density at radius 3 is 2.74 bits per heavy atom. The maximum Gasteiger partial charge on any atom is 0.248 e. The third-order valence-corrected chi connectivity index (χ3v) is 5.11. The third-order valence-electron chi connectivity index (χ3n) is 4.07. The average Bonchev–Trinajstić information content (AvgIpc) is 3.30. The highest BCUT2D eigenvalue weighted by Gasteiger charge is 2.10. The van der Waals surface area contributed by atoms with Gasteiger partial charge >= 0.3 is 0 Å². The normalized spacial score (nSPS) is 11.5. The Kier molecular flexibility index (Phi) is 4.55. The predicted octanol–water partition coefficient (Wildman–Crippen LogP) is 4.97. The van der Waals surface area contributed by atoms with E-state index in [1.807, 2.05) is 42.0 Å². The Hall–Kier alpha value is -2.90. The first-order valence-corrected chi connectivity index (χ1v) is 9.41. The van der Waals surface area contributed by atoms with Crippen LogP contribution in [0.5, 0.6) is 0 Å². The van der Waals surface area contributed by atoms with Crippen molar-refractivity contribution >= 4 is 45.6 Å². The molecule has 0 saturated carbocycles. The van der Waals surface area contributed by atoms with Crippen LogP contribution >= 0.6 is 22.9 Å². The first-order chi connectivity index (χ1) is 13.0. The standard InChI is InChI=1S/C19H15ClN4O2S/c1-11-12(2)26-18(21-11)13-3-5-14(6-4-13)22-16(25)8-7-15-17(20)23-19-24(15)9-10-27-19/h3-10H,1-2H3,(H,22,25)/b8-7-. The van der Waals surface area contributed by atoms with Gasteiger partial charge in [0.15, 0.2) is 10.1 Å². The van der Waals surface area contributed by atoms with Crippen molar-refractivity contribution in [3.8, 4) is 11.5 Å². The van der Waals surface area contributed by atoms with E-state index in [2.05, 4.69) is 15.3 Å². The fraction of sp³-hybridized carbons (Fsp3) is 0.105. The average molecular weight is 399 g/mol. The summed E-state index contributed by atoms with van der Waals surface area (Å²) in [5, 5.41) is 5.09. The molecule has 0 aliphatic carbocycles. The van der Waals surface area contributed by atoms with Gasteiger partial charge in [0.2, 0.25) is 11.8 Å². The highest BCUT2D eigenvalue weighted by atomic mass is 35.5. The van der Waals surface area contributed by atoms with E-state index < -0.39 is 0 Å². The third kappa shape index (κ3) is 3.51. The zero-order chi connectivity index (χ0) is 19.0. The van der Waals surface area contributed by atoms with E-state index in [0.717, 1.165) is 22.0 Å². The number of hydrogen-bond donors (Lipinski definition) is 1. The SMILES string of the molecule is Cc1nc(-c2ccc(NC(=O)/C=C\c3c(Cl)nc4sccn34)cc2)oc1C. The Morgan fingerprint density at radius 1 is 1.26 bits per heavy atom. The molecule has 0 bridgehead atoms. The summed E-state index contributed by atoms with van der Waals surface area (Å²) >= 11 is 7.60. The van der Waals surface area contributed by atoms with Gasteiger partial charge in [-0.25, -0.2) is 9.97 Å². The maximum absolute atomic E-state index is 12.2. The fourth-order valence-electron chi connectivity index (χ4n) is 2.56. The highest BCUT2D eigenvalue weighted by Crippen LogP contribution is 2.24. The summed E-state index contributed by atoms with van der Waals surface area (Å²) in [4.78, 5) is 21.6. The van der Waals surface area contributed by atoms with E-state index in [1.54, 1.807) is 18.2 Å². The Morgan fingerprint density at radius 2 is 2.04 bits per heavy atom. The first kappa shape index (κ1) is 17.5. The number of amides is 1. The number of nitrogens with zero attached hydrogens (tertiary/aromatic N) is 3. The number of oxazole rings is 1. The van der Waals surface area contributed by atoms with Gasteiger partial charge in [0, 0.05) is 28.9 Å². The second-order valence-electron chi connectivity index (χ2n) is 5.90. The summed E-state index contributed by atoms with van der Waals surface area (Å²) in [5.74, 6) is 1.11. The molecule has 1 amide bonds. The summed E-state index contributed by atoms with van der Waals surface area (Å²) in [5.41, 5.74) is 3.07. The highest BCUT2D eigenvalue weighted by molar-refractivity contribution is 7.15. The van der Waals surface area contributed by atoms with Crippen LogP contribution in [0.1, 0.15) is 17.1 Å². The lowest BCUT2D eigenvalue weighted by Gasteiger charge is -2.03. The van der Waals surface area contributed by atoms with E-state index in [0.29, 0.717) is 22.4 Å². The van der Waals surface area contributed by atoms with E-state index in [1.165, 1.54) is 17.4 Å². The number of aryl methyl sites for hydroxylation is 2. The van der Waals surface area contributed by atoms with Gasteiger partial charge in [-0.1, -0.05) is 11.6 Å². The van der Waals surface area contributed by atoms with Crippen LogP contribution in [-0.2, 0) is 4.79 Å². The number of nitrogens with one attached hydrogen (secondary N) is 1. The van der Waals surface area contributed by atoms with Crippen LogP contribution in [0.4, 0.5) is 5.69 Å². The van der Waals surface area contributed by atoms with Crippen LogP contribution in [0.2, 0.25) is 5.15 Å². The van der Waals surface area contributed by atoms with Crippen molar-refractivity contribution in [1.29, 1.82) is 0 Å². The molecule has 4 rings (SSSR count). The Balaban J connectivity index is 1.46. The number of anilines is 1. The zero-order valence-electron chi connectivity index (χ0n) is 14.6. The monoisotopic (exact) mass is 398 g/mol. The van der Waals surface area contributed by atoms with Gasteiger partial charge in [0.05, 0.1) is 11.4 Å². The van der Waals surface area contributed by atoms with Crippen LogP contribution in [0.15, 0.2) is 46.3 Å². The minimum Gasteiger partial charge on any atom is -0.441 e. The number of halogens is 1. The molecule has 0 saturated heterocycles. The molecule has 27 heavy (non-hydrogen) atoms. The summed E-state index contributed by atoms with van der Waals surface area (Å²) in [7, 11) is 0. The number of aromatic nitrogens is 3. The van der Waals surface area contributed by atoms with Gasteiger partial charge in [-0.3, -0.25) is 9.20 Å². The molecular formula is C19H15ClN4O2S. The van der Waals surface area contributed by atoms with E-state index in [4.69, 9.17) is 16.0 Å². The van der Waals surface area contributed by atoms with Crippen molar-refractivity contribution in [1.82, 2.24) is 14.4 Å². The lowest BCUT2D eigenvalue weighted by atomic mass is 10.2. The molecule has 0 unspecified atom stereocenters. The maximum atomic E-state index is 12.2. The quantitative estimate of drug-likeness (QED) is 0.492. The second kappa shape index (κ2) is 7.02. The molecule has 0 aliphatic heterocycles. The van der Waals surface area contributed by atoms with Crippen molar-refractivity contribution in [2.24, 2.45) is 0 Å². The van der Waals surface area contributed by atoms with E-state index in [9.17, 15) is 4.79 Å². The van der Waals surface area contributed by atoms with Crippen LogP contribution in [0.3, 0.4) is 0 Å². The molecule has 8 heteroatoms. The molecule has 6 nitrogen and oxygen atoms in total. The van der Waals surface area contributed by atoms with Gasteiger partial charge in [-0.2, -0.15) is 0 Å². The molecule has 136 valence electrons. The van der Waals surface area contributed by atoms with Gasteiger partial charge in [-0.15, -0.1) is 11.3 Å². The molecular weight excluding hydrogens is 384 g/mol. The van der Waals surface area contributed by atoms with Gasteiger partial charge in [-0.05, 0) is 44.2 Å². The van der Waals surface area contributed by atoms with Crippen molar-refractivity contribution in [2.75, 3.05) is 5.32 Å². The van der Waals surface area contributed by atoms with Gasteiger partial charge in [0.1, 0.15) is 5.76 Å². The van der Waals surface area contributed by atoms with Crippen LogP contribution < -0.4 is 5.32 Å². The molecule has 0 atom stereocenters. The number of hydrogen-bond acceptors (Lipinski definition) is 5. The summed E-state index contributed by atoms with van der Waals surface area (Å²) in [6.45, 7) is 3.78. The zero-order valence-corrected chi connectivity index (χ0v) is 16.1. The molecule has 0 spiro atoms. The number of benzene rings is 1. The fourth-order valence-corrected chi connectivity index (χ4v) is 3.56. The van der Waals surface area contributed by atoms with Gasteiger partial charge < -0.3 is 9.73 Å². The topological polar surface area (TPSA) is 72.4 Å². The van der Waals surface area contributed by atoms with E-state index >= 15 is 0 Å². The summed E-state index contributed by atoms with van der Waals surface area (Å²) in [6, 6.07) is 7.32. The molecule has 3 heterocycles. The number of carbonyl (C=O) groups excluding carboxylic acids is 1. The largest absolute Gasteiger partial charge is 0.441 e. The van der Waals surface area contributed by atoms with Crippen LogP contribution in [-0.4, -0.2) is 20.3 Å². The van der Waals surface area contributed by atoms with Crippen LogP contribution in [0, 0.1) is 13.8 Å². The van der Waals surface area contributed by atoms with Crippen molar-refractivity contribution < 1.29 is 9.21 Å². The number of fused-ring (bicyclic) bond motifs is 1. The Labute approximate surface area is 164 Å². The predicted molar refractivity (Wildman–Crippen MR) is 107 cm³/mol. The minimum atomic E-state index is -0.258. The van der Waals surface area contributed by atoms with Crippen molar-refractivity contribution in [3.63, 3.8) is 0 Å². The first-order valence-electron chi connectivity index (χ1n) is 8.16. The minimum absolute atomic E-state index is 0.258. The number of imidazole rings is 1. The number of thiazole rings is 1. The smallest absolute Gasteiger partial charge is 0.248 e. The molecule has 0 fully saturated rings. The van der Waals surface area contributed by atoms with Crippen molar-refractivity contribution in [2.45, 2.75) is 13.8 Å². The summed E-state index contributed by atoms with van der Waals surface area (Å²) < 4.78 is 7.45. The van der Waals surface area contributed by atoms with Crippen LogP contribution in [0.25, 0.3) is 22.5 Å². The molecule has 3 aromatic heterocycles. The van der Waals surface area contributed by atoms with Gasteiger partial charge in [0.25, 0.3) is 0 Å². The molecule has 4 aromatic rings. The lowest BCUT2D eigenvalue weighted by Crippen LogP contribution is -2.07. The van der Waals surface area contributed by atoms with E-state index in [-0.39, 0.29) is 5.91 Å². The molecule has 1 aromatic carbocycles. The lowest BCUT2D eigenvalue weighted by molar-refractivity contribution is -0.111. The Bertz CT molecular complexity index is 1140. The van der Waals surface area contributed by atoms with Crippen molar-refractivity contribution in [3.05, 3.63) is 64.2 Å². The molecule has 1 N–H and O–H groups in total. The molecule has 0 aliphatic rings. The number of rotatable bonds is 4.